The standard InChI is InChI=1S/C13H18N2O4/c1-3-14(12(16)17)11(15(4-2)13(18)19)10-8-6-5-7-9-10/h5-9,11H,3-4H2,1-2H3,(H,16,17)(H,18,19). The van der Waals surface area contributed by atoms with Gasteiger partial charge in [0.2, 0.25) is 0 Å². The van der Waals surface area contributed by atoms with Crippen molar-refractivity contribution in [2.75, 3.05) is 13.1 Å². The third-order valence-corrected chi connectivity index (χ3v) is 2.86. The highest BCUT2D eigenvalue weighted by atomic mass is 16.4. The van der Waals surface area contributed by atoms with Crippen molar-refractivity contribution in [1.29, 1.82) is 0 Å². The Morgan fingerprint density at radius 3 is 1.74 bits per heavy atom. The van der Waals surface area contributed by atoms with Crippen molar-refractivity contribution < 1.29 is 19.8 Å². The number of amides is 2. The smallest absolute Gasteiger partial charge is 0.409 e. The first-order valence-corrected chi connectivity index (χ1v) is 6.07. The zero-order valence-electron chi connectivity index (χ0n) is 11.0. The first-order chi connectivity index (χ1) is 9.02. The molecule has 1 aromatic rings. The Bertz CT molecular complexity index is 414. The Kier molecular flexibility index (Phi) is 5.17. The van der Waals surface area contributed by atoms with Crippen molar-refractivity contribution >= 4 is 12.2 Å². The Balaban J connectivity index is 3.24. The summed E-state index contributed by atoms with van der Waals surface area (Å²) in [7, 11) is 0. The number of benzene rings is 1. The maximum Gasteiger partial charge on any atom is 0.409 e. The molecule has 0 fully saturated rings. The van der Waals surface area contributed by atoms with Gasteiger partial charge in [-0.1, -0.05) is 30.3 Å². The van der Waals surface area contributed by atoms with Crippen LogP contribution in [0.15, 0.2) is 30.3 Å². The molecule has 0 aliphatic rings. The monoisotopic (exact) mass is 266 g/mol. The number of carbonyl (C=O) groups is 2. The molecule has 6 heteroatoms. The second-order valence-corrected chi connectivity index (χ2v) is 3.92. The van der Waals surface area contributed by atoms with Crippen LogP contribution in [0.25, 0.3) is 0 Å². The lowest BCUT2D eigenvalue weighted by Gasteiger charge is -2.35. The van der Waals surface area contributed by atoms with Gasteiger partial charge in [-0.3, -0.25) is 9.80 Å². The average molecular weight is 266 g/mol. The number of hydrogen-bond donors (Lipinski definition) is 2. The van der Waals surface area contributed by atoms with Gasteiger partial charge in [0.05, 0.1) is 0 Å². The first-order valence-electron chi connectivity index (χ1n) is 6.07. The van der Waals surface area contributed by atoms with Gasteiger partial charge >= 0.3 is 12.2 Å². The maximum atomic E-state index is 11.3. The van der Waals surface area contributed by atoms with E-state index in [1.54, 1.807) is 44.2 Å². The molecule has 0 radical (unpaired) electrons. The van der Waals surface area contributed by atoms with Gasteiger partial charge in [-0.15, -0.1) is 0 Å². The molecule has 6 nitrogen and oxygen atoms in total. The van der Waals surface area contributed by atoms with E-state index < -0.39 is 18.4 Å². The van der Waals surface area contributed by atoms with Gasteiger partial charge in [-0.2, -0.15) is 0 Å². The summed E-state index contributed by atoms with van der Waals surface area (Å²) in [5.74, 6) is 0. The van der Waals surface area contributed by atoms with Crippen LogP contribution in [0, 0.1) is 0 Å². The molecule has 1 rings (SSSR count). The van der Waals surface area contributed by atoms with Crippen LogP contribution in [0.1, 0.15) is 25.6 Å². The summed E-state index contributed by atoms with van der Waals surface area (Å²) < 4.78 is 0. The van der Waals surface area contributed by atoms with E-state index in [0.717, 1.165) is 9.80 Å². The predicted molar refractivity (Wildman–Crippen MR) is 70.0 cm³/mol. The molecule has 2 N–H and O–H groups in total. The summed E-state index contributed by atoms with van der Waals surface area (Å²) in [6, 6.07) is 8.76. The van der Waals surface area contributed by atoms with Crippen molar-refractivity contribution in [2.24, 2.45) is 0 Å². The zero-order valence-corrected chi connectivity index (χ0v) is 11.0. The van der Waals surface area contributed by atoms with Crippen LogP contribution >= 0.6 is 0 Å². The quantitative estimate of drug-likeness (QED) is 0.803. The lowest BCUT2D eigenvalue weighted by atomic mass is 10.1. The van der Waals surface area contributed by atoms with E-state index in [4.69, 9.17) is 0 Å². The second-order valence-electron chi connectivity index (χ2n) is 3.92. The molecule has 0 saturated heterocycles. The van der Waals surface area contributed by atoms with Gasteiger partial charge in [0, 0.05) is 13.1 Å². The van der Waals surface area contributed by atoms with Gasteiger partial charge < -0.3 is 10.2 Å². The summed E-state index contributed by atoms with van der Waals surface area (Å²) in [6.07, 6.45) is -3.11. The third kappa shape index (κ3) is 3.37. The minimum atomic E-state index is -1.14. The summed E-state index contributed by atoms with van der Waals surface area (Å²) in [4.78, 5) is 24.8. The summed E-state index contributed by atoms with van der Waals surface area (Å²) in [5, 5.41) is 18.5. The molecule has 0 atom stereocenters. The Morgan fingerprint density at radius 2 is 1.42 bits per heavy atom. The largest absolute Gasteiger partial charge is 0.465 e. The van der Waals surface area contributed by atoms with Crippen LogP contribution in [-0.4, -0.2) is 45.3 Å². The fourth-order valence-corrected chi connectivity index (χ4v) is 1.98. The highest BCUT2D eigenvalue weighted by molar-refractivity contribution is 5.69. The first kappa shape index (κ1) is 14.8. The van der Waals surface area contributed by atoms with E-state index >= 15 is 0 Å². The molecule has 0 heterocycles. The molecule has 1 aromatic carbocycles. The van der Waals surface area contributed by atoms with Crippen molar-refractivity contribution in [3.8, 4) is 0 Å². The zero-order chi connectivity index (χ0) is 14.4. The molecule has 104 valence electrons. The third-order valence-electron chi connectivity index (χ3n) is 2.86. The topological polar surface area (TPSA) is 81.1 Å². The van der Waals surface area contributed by atoms with Crippen LogP contribution in [0.2, 0.25) is 0 Å². The number of hydrogen-bond acceptors (Lipinski definition) is 2. The molecule has 0 aliphatic heterocycles. The molecule has 0 aromatic heterocycles. The molecule has 0 aliphatic carbocycles. The Labute approximate surface area is 111 Å². The Hall–Kier alpha value is -2.24. The second kappa shape index (κ2) is 6.63. The fraction of sp³-hybridized carbons (Fsp3) is 0.385. The number of carboxylic acid groups (broad SMARTS) is 2. The molecular formula is C13H18N2O4. The van der Waals surface area contributed by atoms with E-state index in [1.807, 2.05) is 0 Å². The number of rotatable bonds is 5. The van der Waals surface area contributed by atoms with E-state index in [0.29, 0.717) is 5.56 Å². The van der Waals surface area contributed by atoms with Crippen LogP contribution in [0.3, 0.4) is 0 Å². The van der Waals surface area contributed by atoms with Crippen LogP contribution in [-0.2, 0) is 0 Å². The van der Waals surface area contributed by atoms with Crippen LogP contribution in [0.5, 0.6) is 0 Å². The van der Waals surface area contributed by atoms with Gasteiger partial charge in [-0.25, -0.2) is 9.59 Å². The minimum Gasteiger partial charge on any atom is -0.465 e. The van der Waals surface area contributed by atoms with Crippen LogP contribution < -0.4 is 0 Å². The predicted octanol–water partition coefficient (Wildman–Crippen LogP) is 2.69. The highest BCUT2D eigenvalue weighted by Gasteiger charge is 2.31. The summed E-state index contributed by atoms with van der Waals surface area (Å²) in [6.45, 7) is 3.77. The Morgan fingerprint density at radius 1 is 1.00 bits per heavy atom. The van der Waals surface area contributed by atoms with Crippen molar-refractivity contribution in [3.05, 3.63) is 35.9 Å². The van der Waals surface area contributed by atoms with Crippen molar-refractivity contribution in [3.63, 3.8) is 0 Å². The molecular weight excluding hydrogens is 248 g/mol. The van der Waals surface area contributed by atoms with E-state index in [1.165, 1.54) is 0 Å². The molecule has 0 bridgehead atoms. The van der Waals surface area contributed by atoms with E-state index in [2.05, 4.69) is 0 Å². The van der Waals surface area contributed by atoms with Gasteiger partial charge in [0.1, 0.15) is 6.17 Å². The van der Waals surface area contributed by atoms with E-state index in [9.17, 15) is 19.8 Å². The summed E-state index contributed by atoms with van der Waals surface area (Å²) in [5.41, 5.74) is 0.635. The van der Waals surface area contributed by atoms with Gasteiger partial charge in [0.25, 0.3) is 0 Å². The minimum absolute atomic E-state index is 0.207. The van der Waals surface area contributed by atoms with Gasteiger partial charge in [-0.05, 0) is 19.4 Å². The molecule has 0 unspecified atom stereocenters. The molecule has 0 spiro atoms. The lowest BCUT2D eigenvalue weighted by Crippen LogP contribution is -2.46. The lowest BCUT2D eigenvalue weighted by molar-refractivity contribution is 0.0483. The van der Waals surface area contributed by atoms with Crippen molar-refractivity contribution in [1.82, 2.24) is 9.80 Å². The summed E-state index contributed by atoms with van der Waals surface area (Å²) >= 11 is 0. The van der Waals surface area contributed by atoms with E-state index in [-0.39, 0.29) is 13.1 Å². The maximum absolute atomic E-state index is 11.3. The molecule has 2 amide bonds. The SMILES string of the molecule is CCN(C(=O)O)C(c1ccccc1)N(CC)C(=O)O. The fourth-order valence-electron chi connectivity index (χ4n) is 1.98. The molecule has 19 heavy (non-hydrogen) atoms. The number of nitrogens with zero attached hydrogens (tertiary/aromatic N) is 2. The van der Waals surface area contributed by atoms with Crippen LogP contribution in [0.4, 0.5) is 9.59 Å². The molecule has 0 saturated carbocycles. The normalized spacial score (nSPS) is 10.3. The van der Waals surface area contributed by atoms with Crippen molar-refractivity contribution in [2.45, 2.75) is 20.0 Å². The average Bonchev–Trinajstić information content (AvgIpc) is 2.39. The highest BCUT2D eigenvalue weighted by Crippen LogP contribution is 2.25. The van der Waals surface area contributed by atoms with Gasteiger partial charge in [0.15, 0.2) is 0 Å².